The van der Waals surface area contributed by atoms with Gasteiger partial charge in [-0.3, -0.25) is 0 Å². The van der Waals surface area contributed by atoms with Crippen molar-refractivity contribution in [1.82, 2.24) is 4.84 Å². The largest absolute Gasteiger partial charge is 0.492 e. The number of ether oxygens (including phenoxy) is 1. The van der Waals surface area contributed by atoms with E-state index in [1.807, 2.05) is 12.1 Å². The van der Waals surface area contributed by atoms with E-state index in [1.165, 1.54) is 0 Å². The second kappa shape index (κ2) is 4.70. The van der Waals surface area contributed by atoms with Gasteiger partial charge in [0.25, 0.3) is 0 Å². The van der Waals surface area contributed by atoms with Crippen LogP contribution in [0.4, 0.5) is 0 Å². The third-order valence-corrected chi connectivity index (χ3v) is 3.16. The number of halogens is 2. The van der Waals surface area contributed by atoms with Crippen LogP contribution in [0, 0.1) is 0 Å². The Morgan fingerprint density at radius 2 is 2.40 bits per heavy atom. The molecule has 1 aromatic rings. The van der Waals surface area contributed by atoms with Crippen molar-refractivity contribution in [2.24, 2.45) is 0 Å². The topological polar surface area (TPSA) is 41.5 Å². The number of benzene rings is 1. The van der Waals surface area contributed by atoms with Gasteiger partial charge in [-0.2, -0.15) is 0 Å². The Labute approximate surface area is 102 Å². The molecule has 0 amide bonds. The number of rotatable bonds is 3. The molecule has 0 bridgehead atoms. The monoisotopic (exact) mass is 291 g/mol. The first kappa shape index (κ1) is 11.2. The highest BCUT2D eigenvalue weighted by atomic mass is 79.9. The summed E-state index contributed by atoms with van der Waals surface area (Å²) >= 11 is 8.78. The van der Waals surface area contributed by atoms with Crippen molar-refractivity contribution in [2.75, 3.05) is 13.2 Å². The highest BCUT2D eigenvalue weighted by Gasteiger charge is 2.18. The minimum atomic E-state index is -0.593. The number of hydrogen-bond acceptors (Lipinski definition) is 3. The number of fused-ring (bicyclic) bond motifs is 1. The predicted molar refractivity (Wildman–Crippen MR) is 62.2 cm³/mol. The molecule has 3 nitrogen and oxygen atoms in total. The van der Waals surface area contributed by atoms with Crippen molar-refractivity contribution in [3.05, 3.63) is 27.7 Å². The van der Waals surface area contributed by atoms with Crippen LogP contribution in [-0.4, -0.2) is 18.3 Å². The summed E-state index contributed by atoms with van der Waals surface area (Å²) in [7, 11) is 0. The molecule has 1 unspecified atom stereocenters. The van der Waals surface area contributed by atoms with E-state index in [-0.39, 0.29) is 0 Å². The molecular formula is C10H11BrClNO2. The van der Waals surface area contributed by atoms with Gasteiger partial charge in [0.05, 0.1) is 17.2 Å². The van der Waals surface area contributed by atoms with Crippen LogP contribution in [0.1, 0.15) is 17.2 Å². The lowest BCUT2D eigenvalue weighted by molar-refractivity contribution is 0.182. The summed E-state index contributed by atoms with van der Waals surface area (Å²) in [6, 6.07) is 3.83. The van der Waals surface area contributed by atoms with Gasteiger partial charge in [-0.25, -0.2) is 4.84 Å². The molecule has 1 heterocycles. The molecular weight excluding hydrogens is 281 g/mol. The fourth-order valence-electron chi connectivity index (χ4n) is 1.67. The van der Waals surface area contributed by atoms with Crippen molar-refractivity contribution in [2.45, 2.75) is 12.5 Å². The van der Waals surface area contributed by atoms with Crippen molar-refractivity contribution >= 4 is 27.7 Å². The molecule has 1 atom stereocenters. The molecule has 1 aromatic carbocycles. The zero-order chi connectivity index (χ0) is 10.8. The first-order valence-corrected chi connectivity index (χ1v) is 5.86. The highest BCUT2D eigenvalue weighted by Crippen LogP contribution is 2.36. The van der Waals surface area contributed by atoms with E-state index in [9.17, 15) is 5.11 Å². The van der Waals surface area contributed by atoms with Crippen LogP contribution in [0.3, 0.4) is 0 Å². The summed E-state index contributed by atoms with van der Waals surface area (Å²) in [6.45, 7) is 1.04. The molecule has 1 aliphatic heterocycles. The average Bonchev–Trinajstić information content (AvgIpc) is 2.66. The van der Waals surface area contributed by atoms with Crippen LogP contribution >= 0.6 is 27.7 Å². The number of aliphatic hydroxyl groups is 1. The minimum Gasteiger partial charge on any atom is -0.492 e. The van der Waals surface area contributed by atoms with Gasteiger partial charge in [0.2, 0.25) is 0 Å². The summed E-state index contributed by atoms with van der Waals surface area (Å²) in [5.74, 6) is 0.893. The Kier molecular flexibility index (Phi) is 3.51. The normalized spacial score (nSPS) is 15.9. The molecule has 82 valence electrons. The Morgan fingerprint density at radius 1 is 1.60 bits per heavy atom. The van der Waals surface area contributed by atoms with E-state index < -0.39 is 6.10 Å². The molecule has 15 heavy (non-hydrogen) atoms. The molecule has 0 aromatic heterocycles. The second-order valence-corrected chi connectivity index (χ2v) is 4.56. The molecule has 0 saturated carbocycles. The van der Waals surface area contributed by atoms with Crippen molar-refractivity contribution < 1.29 is 9.84 Å². The van der Waals surface area contributed by atoms with Gasteiger partial charge < -0.3 is 9.84 Å². The third kappa shape index (κ3) is 2.28. The molecule has 0 fully saturated rings. The van der Waals surface area contributed by atoms with E-state index in [0.29, 0.717) is 13.2 Å². The van der Waals surface area contributed by atoms with Gasteiger partial charge >= 0.3 is 0 Å². The quantitative estimate of drug-likeness (QED) is 0.839. The van der Waals surface area contributed by atoms with E-state index in [2.05, 4.69) is 20.8 Å². The lowest BCUT2D eigenvalue weighted by atomic mass is 10.0. The number of aliphatic hydroxyl groups excluding tert-OH is 1. The maximum atomic E-state index is 9.77. The lowest BCUT2D eigenvalue weighted by Gasteiger charge is -2.12. The molecule has 5 heteroatoms. The van der Waals surface area contributed by atoms with Crippen LogP contribution in [-0.2, 0) is 6.42 Å². The van der Waals surface area contributed by atoms with Gasteiger partial charge in [0.15, 0.2) is 0 Å². The van der Waals surface area contributed by atoms with Crippen molar-refractivity contribution in [3.63, 3.8) is 0 Å². The maximum absolute atomic E-state index is 9.77. The second-order valence-electron chi connectivity index (χ2n) is 3.44. The summed E-state index contributed by atoms with van der Waals surface area (Å²) < 4.78 is 6.34. The van der Waals surface area contributed by atoms with Crippen LogP contribution in [0.5, 0.6) is 5.75 Å². The Balaban J connectivity index is 2.30. The van der Waals surface area contributed by atoms with E-state index in [0.717, 1.165) is 27.8 Å². The first-order valence-electron chi connectivity index (χ1n) is 4.69. The van der Waals surface area contributed by atoms with Gasteiger partial charge in [-0.1, -0.05) is 0 Å². The summed E-state index contributed by atoms with van der Waals surface area (Å²) in [4.78, 5) is 2.43. The SMILES string of the molecule is OC(CNCl)c1cc(Br)c2c(c1)CCO2. The Bertz CT molecular complexity index is 373. The van der Waals surface area contributed by atoms with Gasteiger partial charge in [-0.15, -0.1) is 0 Å². The summed E-state index contributed by atoms with van der Waals surface area (Å²) in [5.41, 5.74) is 1.98. The van der Waals surface area contributed by atoms with Crippen molar-refractivity contribution in [1.29, 1.82) is 0 Å². The van der Waals surface area contributed by atoms with Crippen molar-refractivity contribution in [3.8, 4) is 5.75 Å². The first-order chi connectivity index (χ1) is 7.22. The third-order valence-electron chi connectivity index (χ3n) is 2.42. The molecule has 2 N–H and O–H groups in total. The van der Waals surface area contributed by atoms with Gasteiger partial charge in [-0.05, 0) is 51.0 Å². The van der Waals surface area contributed by atoms with Crippen LogP contribution in [0.2, 0.25) is 0 Å². The summed E-state index contributed by atoms with van der Waals surface area (Å²) in [6.07, 6.45) is 0.299. The zero-order valence-corrected chi connectivity index (χ0v) is 10.3. The van der Waals surface area contributed by atoms with E-state index in [1.54, 1.807) is 0 Å². The fraction of sp³-hybridized carbons (Fsp3) is 0.400. The smallest absolute Gasteiger partial charge is 0.136 e. The summed E-state index contributed by atoms with van der Waals surface area (Å²) in [5, 5.41) is 9.77. The van der Waals surface area contributed by atoms with Crippen LogP contribution in [0.15, 0.2) is 16.6 Å². The Morgan fingerprint density at radius 3 is 3.13 bits per heavy atom. The van der Waals surface area contributed by atoms with Crippen LogP contribution in [0.25, 0.3) is 0 Å². The molecule has 1 aliphatic rings. The lowest BCUT2D eigenvalue weighted by Crippen LogP contribution is -2.12. The predicted octanol–water partition coefficient (Wildman–Crippen LogP) is 2.16. The highest BCUT2D eigenvalue weighted by molar-refractivity contribution is 9.10. The fourth-order valence-corrected chi connectivity index (χ4v) is 2.45. The minimum absolute atomic E-state index is 0.327. The zero-order valence-electron chi connectivity index (χ0n) is 7.96. The van der Waals surface area contributed by atoms with Gasteiger partial charge in [0.1, 0.15) is 5.75 Å². The Hall–Kier alpha value is -0.290. The standard InChI is InChI=1S/C10H11BrClNO2/c11-8-4-7(9(14)5-13-12)3-6-1-2-15-10(6)8/h3-4,9,13-14H,1-2,5H2. The number of hydrogen-bond donors (Lipinski definition) is 2. The van der Waals surface area contributed by atoms with Gasteiger partial charge in [0, 0.05) is 13.0 Å². The molecule has 0 saturated heterocycles. The maximum Gasteiger partial charge on any atom is 0.136 e. The number of nitrogens with one attached hydrogen (secondary N) is 1. The molecule has 0 radical (unpaired) electrons. The average molecular weight is 293 g/mol. The molecule has 0 aliphatic carbocycles. The van der Waals surface area contributed by atoms with Crippen LogP contribution < -0.4 is 9.57 Å². The molecule has 2 rings (SSSR count). The molecule has 0 spiro atoms. The van der Waals surface area contributed by atoms with E-state index >= 15 is 0 Å². The van der Waals surface area contributed by atoms with E-state index in [4.69, 9.17) is 16.5 Å².